The van der Waals surface area contributed by atoms with Crippen LogP contribution in [0.4, 0.5) is 0 Å². The molecule has 23 heavy (non-hydrogen) atoms. The molecule has 2 heterocycles. The molecule has 1 aromatic heterocycles. The maximum absolute atomic E-state index is 11.6. The average Bonchev–Trinajstić information content (AvgIpc) is 2.91. The van der Waals surface area contributed by atoms with Gasteiger partial charge in [-0.3, -0.25) is 14.6 Å². The summed E-state index contributed by atoms with van der Waals surface area (Å²) in [6.07, 6.45) is 0. The zero-order chi connectivity index (χ0) is 16.2. The predicted octanol–water partition coefficient (Wildman–Crippen LogP) is 2.88. The Bertz CT molecular complexity index is 669. The van der Waals surface area contributed by atoms with Crippen molar-refractivity contribution in [2.24, 2.45) is 0 Å². The van der Waals surface area contributed by atoms with E-state index in [1.807, 2.05) is 0 Å². The first-order valence-corrected chi connectivity index (χ1v) is 9.14. The molecule has 1 aliphatic heterocycles. The SMILES string of the molecule is CC(C)c1[nH]c(=O)sc1CN1CCN(Cc2ccccc2)CC1. The molecule has 1 aromatic carbocycles. The third kappa shape index (κ3) is 4.31. The molecule has 0 spiro atoms. The van der Waals surface area contributed by atoms with E-state index in [9.17, 15) is 4.79 Å². The molecule has 4 nitrogen and oxygen atoms in total. The molecular formula is C18H25N3OS. The van der Waals surface area contributed by atoms with E-state index in [1.165, 1.54) is 21.8 Å². The van der Waals surface area contributed by atoms with E-state index < -0.39 is 0 Å². The highest BCUT2D eigenvalue weighted by Crippen LogP contribution is 2.21. The maximum Gasteiger partial charge on any atom is 0.304 e. The molecule has 124 valence electrons. The van der Waals surface area contributed by atoms with Crippen molar-refractivity contribution in [3.63, 3.8) is 0 Å². The van der Waals surface area contributed by atoms with Crippen molar-refractivity contribution in [1.82, 2.24) is 14.8 Å². The lowest BCUT2D eigenvalue weighted by molar-refractivity contribution is 0.122. The minimum Gasteiger partial charge on any atom is -0.316 e. The largest absolute Gasteiger partial charge is 0.316 e. The first kappa shape index (κ1) is 16.4. The summed E-state index contributed by atoms with van der Waals surface area (Å²) >= 11 is 1.37. The van der Waals surface area contributed by atoms with Gasteiger partial charge in [0.2, 0.25) is 0 Å². The van der Waals surface area contributed by atoms with E-state index in [1.54, 1.807) is 0 Å². The van der Waals surface area contributed by atoms with Gasteiger partial charge >= 0.3 is 4.87 Å². The standard InChI is InChI=1S/C18H25N3OS/c1-14(2)17-16(23-18(22)19-17)13-21-10-8-20(9-11-21)12-15-6-4-3-5-7-15/h3-7,14H,8-13H2,1-2H3,(H,19,22). The van der Waals surface area contributed by atoms with Crippen LogP contribution in [0.3, 0.4) is 0 Å². The van der Waals surface area contributed by atoms with Crippen LogP contribution in [0.2, 0.25) is 0 Å². The lowest BCUT2D eigenvalue weighted by Crippen LogP contribution is -2.45. The molecule has 0 radical (unpaired) electrons. The molecule has 0 bridgehead atoms. The van der Waals surface area contributed by atoms with E-state index in [0.717, 1.165) is 45.0 Å². The third-order valence-electron chi connectivity index (χ3n) is 4.41. The fraction of sp³-hybridized carbons (Fsp3) is 0.500. The van der Waals surface area contributed by atoms with Crippen LogP contribution in [0.5, 0.6) is 0 Å². The number of hydrogen-bond donors (Lipinski definition) is 1. The molecule has 3 rings (SSSR count). The summed E-state index contributed by atoms with van der Waals surface area (Å²) in [4.78, 5) is 20.9. The Balaban J connectivity index is 1.54. The molecule has 0 atom stereocenters. The molecule has 1 saturated heterocycles. The predicted molar refractivity (Wildman–Crippen MR) is 96.0 cm³/mol. The second kappa shape index (κ2) is 7.43. The summed E-state index contributed by atoms with van der Waals surface area (Å²) in [5.74, 6) is 0.378. The topological polar surface area (TPSA) is 39.3 Å². The van der Waals surface area contributed by atoms with Crippen LogP contribution >= 0.6 is 11.3 Å². The van der Waals surface area contributed by atoms with Gasteiger partial charge < -0.3 is 4.98 Å². The Hall–Kier alpha value is -1.43. The van der Waals surface area contributed by atoms with Gasteiger partial charge in [0.15, 0.2) is 0 Å². The summed E-state index contributed by atoms with van der Waals surface area (Å²) < 4.78 is 0. The number of aromatic nitrogens is 1. The molecule has 1 N–H and O–H groups in total. The van der Waals surface area contributed by atoms with Crippen LogP contribution in [0.15, 0.2) is 35.1 Å². The lowest BCUT2D eigenvalue weighted by atomic mass is 10.1. The number of rotatable bonds is 5. The van der Waals surface area contributed by atoms with Crippen LogP contribution in [0, 0.1) is 0 Å². The monoisotopic (exact) mass is 331 g/mol. The zero-order valence-corrected chi connectivity index (χ0v) is 14.7. The number of H-pyrrole nitrogens is 1. The highest BCUT2D eigenvalue weighted by atomic mass is 32.1. The van der Waals surface area contributed by atoms with E-state index >= 15 is 0 Å². The molecule has 1 aliphatic rings. The summed E-state index contributed by atoms with van der Waals surface area (Å²) in [6.45, 7) is 10.5. The van der Waals surface area contributed by atoms with Crippen molar-refractivity contribution in [1.29, 1.82) is 0 Å². The van der Waals surface area contributed by atoms with Gasteiger partial charge in [-0.1, -0.05) is 55.5 Å². The molecule has 5 heteroatoms. The molecule has 0 saturated carbocycles. The van der Waals surface area contributed by atoms with Gasteiger partial charge in [-0.15, -0.1) is 0 Å². The molecule has 0 aliphatic carbocycles. The first-order valence-electron chi connectivity index (χ1n) is 8.32. The second-order valence-corrected chi connectivity index (χ2v) is 7.61. The summed E-state index contributed by atoms with van der Waals surface area (Å²) in [6, 6.07) is 10.7. The van der Waals surface area contributed by atoms with Crippen molar-refractivity contribution in [3.05, 3.63) is 56.1 Å². The minimum absolute atomic E-state index is 0.0754. The van der Waals surface area contributed by atoms with Gasteiger partial charge in [0.25, 0.3) is 0 Å². The van der Waals surface area contributed by atoms with E-state index in [4.69, 9.17) is 0 Å². The van der Waals surface area contributed by atoms with Crippen molar-refractivity contribution in [2.45, 2.75) is 32.9 Å². The third-order valence-corrected chi connectivity index (χ3v) is 5.29. The number of aromatic amines is 1. The van der Waals surface area contributed by atoms with Crippen molar-refractivity contribution >= 4 is 11.3 Å². The van der Waals surface area contributed by atoms with Crippen LogP contribution in [-0.2, 0) is 13.1 Å². The van der Waals surface area contributed by atoms with Crippen molar-refractivity contribution in [3.8, 4) is 0 Å². The normalized spacial score (nSPS) is 17.0. The van der Waals surface area contributed by atoms with Gasteiger partial charge in [-0.25, -0.2) is 0 Å². The van der Waals surface area contributed by atoms with E-state index in [2.05, 4.69) is 59.0 Å². The smallest absolute Gasteiger partial charge is 0.304 e. The Morgan fingerprint density at radius 2 is 1.65 bits per heavy atom. The molecule has 0 amide bonds. The maximum atomic E-state index is 11.6. The quantitative estimate of drug-likeness (QED) is 0.916. The fourth-order valence-corrected chi connectivity index (χ4v) is 4.13. The number of thiazole rings is 1. The summed E-state index contributed by atoms with van der Waals surface area (Å²) in [5.41, 5.74) is 2.50. The first-order chi connectivity index (χ1) is 11.1. The Labute approximate surface area is 141 Å². The van der Waals surface area contributed by atoms with E-state index in [-0.39, 0.29) is 4.87 Å². The number of nitrogens with zero attached hydrogens (tertiary/aromatic N) is 2. The molecule has 2 aromatic rings. The molecule has 0 unspecified atom stereocenters. The van der Waals surface area contributed by atoms with Crippen LogP contribution in [0.1, 0.15) is 35.9 Å². The number of nitrogens with one attached hydrogen (secondary N) is 1. The summed E-state index contributed by atoms with van der Waals surface area (Å²) in [5, 5.41) is 0. The van der Waals surface area contributed by atoms with E-state index in [0.29, 0.717) is 5.92 Å². The van der Waals surface area contributed by atoms with Gasteiger partial charge in [-0.2, -0.15) is 0 Å². The number of hydrogen-bond acceptors (Lipinski definition) is 4. The average molecular weight is 331 g/mol. The Morgan fingerprint density at radius 1 is 1.04 bits per heavy atom. The highest BCUT2D eigenvalue weighted by molar-refractivity contribution is 7.09. The highest BCUT2D eigenvalue weighted by Gasteiger charge is 2.20. The second-order valence-electron chi connectivity index (χ2n) is 6.54. The summed E-state index contributed by atoms with van der Waals surface area (Å²) in [7, 11) is 0. The number of benzene rings is 1. The molecular weight excluding hydrogens is 306 g/mol. The van der Waals surface area contributed by atoms with Gasteiger partial charge in [0.05, 0.1) is 0 Å². The van der Waals surface area contributed by atoms with Gasteiger partial charge in [0, 0.05) is 49.8 Å². The fourth-order valence-electron chi connectivity index (χ4n) is 3.11. The lowest BCUT2D eigenvalue weighted by Gasteiger charge is -2.34. The number of piperazine rings is 1. The van der Waals surface area contributed by atoms with Crippen molar-refractivity contribution < 1.29 is 0 Å². The Morgan fingerprint density at radius 3 is 2.26 bits per heavy atom. The van der Waals surface area contributed by atoms with Crippen LogP contribution in [-0.4, -0.2) is 41.0 Å². The Kier molecular flexibility index (Phi) is 5.30. The molecule has 1 fully saturated rings. The zero-order valence-electron chi connectivity index (χ0n) is 13.9. The van der Waals surface area contributed by atoms with Crippen LogP contribution < -0.4 is 4.87 Å². The van der Waals surface area contributed by atoms with Crippen molar-refractivity contribution in [2.75, 3.05) is 26.2 Å². The van der Waals surface area contributed by atoms with Gasteiger partial charge in [-0.05, 0) is 11.5 Å². The van der Waals surface area contributed by atoms with Gasteiger partial charge in [0.1, 0.15) is 0 Å². The minimum atomic E-state index is 0.0754. The van der Waals surface area contributed by atoms with Crippen LogP contribution in [0.25, 0.3) is 0 Å².